The van der Waals surface area contributed by atoms with Crippen LogP contribution in [0.15, 0.2) is 4.79 Å². The van der Waals surface area contributed by atoms with Gasteiger partial charge in [0.2, 0.25) is 0 Å². The van der Waals surface area contributed by atoms with Crippen LogP contribution in [0.4, 0.5) is 0 Å². The molecule has 0 aromatic carbocycles. The van der Waals surface area contributed by atoms with E-state index in [1.165, 1.54) is 15.9 Å². The highest BCUT2D eigenvalue weighted by molar-refractivity contribution is 7.18. The number of ether oxygens (including phenoxy) is 1. The Labute approximate surface area is 157 Å². The fourth-order valence-corrected chi connectivity index (χ4v) is 5.52. The molecule has 4 rings (SSSR count). The minimum absolute atomic E-state index is 0.000283. The first kappa shape index (κ1) is 17.7. The molecule has 0 atom stereocenters. The van der Waals surface area contributed by atoms with Crippen molar-refractivity contribution in [1.29, 1.82) is 0 Å². The second-order valence-electron chi connectivity index (χ2n) is 7.81. The summed E-state index contributed by atoms with van der Waals surface area (Å²) in [4.78, 5) is 32.2. The number of aryl methyl sites for hydroxylation is 3. The van der Waals surface area contributed by atoms with E-state index in [-0.39, 0.29) is 24.2 Å². The van der Waals surface area contributed by atoms with Crippen LogP contribution in [0.2, 0.25) is 0 Å². The van der Waals surface area contributed by atoms with Gasteiger partial charge in [-0.25, -0.2) is 4.98 Å². The van der Waals surface area contributed by atoms with E-state index in [1.54, 1.807) is 18.3 Å². The van der Waals surface area contributed by atoms with Crippen LogP contribution in [-0.2, 0) is 28.9 Å². The van der Waals surface area contributed by atoms with Gasteiger partial charge in [-0.15, -0.1) is 11.3 Å². The van der Waals surface area contributed by atoms with Crippen LogP contribution >= 0.6 is 11.3 Å². The standard InChI is InChI=1S/C20H26N2O3S/c1-12-7-9-14(10-8-12)25-17(23)11-22-13(2)21-19-18(20(22)24)15-5-3-4-6-16(15)26-19/h12,14H,3-11H2,1-2H3. The lowest BCUT2D eigenvalue weighted by atomic mass is 9.89. The number of esters is 1. The van der Waals surface area contributed by atoms with Crippen LogP contribution in [0.1, 0.15) is 61.7 Å². The van der Waals surface area contributed by atoms with E-state index in [0.717, 1.165) is 60.7 Å². The second-order valence-corrected chi connectivity index (χ2v) is 8.90. The zero-order valence-corrected chi connectivity index (χ0v) is 16.4. The molecular formula is C20H26N2O3S. The number of fused-ring (bicyclic) bond motifs is 3. The Balaban J connectivity index is 1.58. The smallest absolute Gasteiger partial charge is 0.326 e. The summed E-state index contributed by atoms with van der Waals surface area (Å²) in [6.07, 6.45) is 8.34. The van der Waals surface area contributed by atoms with E-state index < -0.39 is 0 Å². The van der Waals surface area contributed by atoms with Crippen molar-refractivity contribution < 1.29 is 9.53 Å². The van der Waals surface area contributed by atoms with Gasteiger partial charge in [0.25, 0.3) is 5.56 Å². The summed E-state index contributed by atoms with van der Waals surface area (Å²) >= 11 is 1.64. The third-order valence-electron chi connectivity index (χ3n) is 5.81. The lowest BCUT2D eigenvalue weighted by molar-refractivity contribution is -0.151. The maximum absolute atomic E-state index is 13.1. The third kappa shape index (κ3) is 3.31. The maximum atomic E-state index is 13.1. The van der Waals surface area contributed by atoms with Gasteiger partial charge >= 0.3 is 5.97 Å². The minimum atomic E-state index is -0.319. The largest absolute Gasteiger partial charge is 0.461 e. The molecule has 2 aliphatic rings. The van der Waals surface area contributed by atoms with E-state index in [4.69, 9.17) is 4.74 Å². The van der Waals surface area contributed by atoms with E-state index in [1.807, 2.05) is 0 Å². The van der Waals surface area contributed by atoms with Crippen molar-refractivity contribution in [2.24, 2.45) is 5.92 Å². The predicted molar refractivity (Wildman–Crippen MR) is 103 cm³/mol. The highest BCUT2D eigenvalue weighted by atomic mass is 32.1. The Morgan fingerprint density at radius 2 is 1.96 bits per heavy atom. The van der Waals surface area contributed by atoms with Gasteiger partial charge < -0.3 is 4.74 Å². The average molecular weight is 375 g/mol. The second kappa shape index (κ2) is 7.14. The molecule has 6 heteroatoms. The minimum Gasteiger partial charge on any atom is -0.461 e. The molecule has 0 bridgehead atoms. The van der Waals surface area contributed by atoms with Gasteiger partial charge in [0.1, 0.15) is 23.3 Å². The Morgan fingerprint density at radius 3 is 2.73 bits per heavy atom. The lowest BCUT2D eigenvalue weighted by Crippen LogP contribution is -2.31. The van der Waals surface area contributed by atoms with E-state index in [2.05, 4.69) is 11.9 Å². The summed E-state index contributed by atoms with van der Waals surface area (Å²) in [5.74, 6) is 0.988. The number of hydrogen-bond acceptors (Lipinski definition) is 5. The van der Waals surface area contributed by atoms with Gasteiger partial charge in [-0.3, -0.25) is 14.2 Å². The van der Waals surface area contributed by atoms with Crippen molar-refractivity contribution in [1.82, 2.24) is 9.55 Å². The Hall–Kier alpha value is -1.69. The first-order chi connectivity index (χ1) is 12.5. The van der Waals surface area contributed by atoms with Crippen molar-refractivity contribution in [3.63, 3.8) is 0 Å². The molecular weight excluding hydrogens is 348 g/mol. The average Bonchev–Trinajstić information content (AvgIpc) is 2.98. The summed E-state index contributed by atoms with van der Waals surface area (Å²) in [5, 5.41) is 0.731. The molecule has 0 amide bonds. The van der Waals surface area contributed by atoms with Crippen LogP contribution < -0.4 is 5.56 Å². The molecule has 5 nitrogen and oxygen atoms in total. The number of hydrogen-bond donors (Lipinski definition) is 0. The van der Waals surface area contributed by atoms with Crippen LogP contribution in [0.25, 0.3) is 10.2 Å². The lowest BCUT2D eigenvalue weighted by Gasteiger charge is -2.26. The zero-order valence-electron chi connectivity index (χ0n) is 15.5. The molecule has 0 spiro atoms. The SMILES string of the molecule is Cc1nc2sc3c(c2c(=O)n1CC(=O)OC1CCC(C)CC1)CCCC3. The molecule has 2 aliphatic carbocycles. The fraction of sp³-hybridized carbons (Fsp3) is 0.650. The van der Waals surface area contributed by atoms with Crippen LogP contribution in [0, 0.1) is 12.8 Å². The number of nitrogens with zero attached hydrogens (tertiary/aromatic N) is 2. The summed E-state index contributed by atoms with van der Waals surface area (Å²) in [5.41, 5.74) is 1.08. The van der Waals surface area contributed by atoms with Crippen molar-refractivity contribution in [3.8, 4) is 0 Å². The number of aromatic nitrogens is 2. The summed E-state index contributed by atoms with van der Waals surface area (Å²) < 4.78 is 7.13. The molecule has 1 fully saturated rings. The monoisotopic (exact) mass is 374 g/mol. The van der Waals surface area contributed by atoms with Gasteiger partial charge in [0, 0.05) is 4.88 Å². The van der Waals surface area contributed by atoms with E-state index in [0.29, 0.717) is 11.7 Å². The Morgan fingerprint density at radius 1 is 1.23 bits per heavy atom. The first-order valence-electron chi connectivity index (χ1n) is 9.74. The fourth-order valence-electron chi connectivity index (χ4n) is 4.23. The van der Waals surface area contributed by atoms with Crippen LogP contribution in [0.3, 0.4) is 0 Å². The highest BCUT2D eigenvalue weighted by Gasteiger charge is 2.24. The summed E-state index contributed by atoms with van der Waals surface area (Å²) in [7, 11) is 0. The zero-order chi connectivity index (χ0) is 18.3. The van der Waals surface area contributed by atoms with Crippen LogP contribution in [0.5, 0.6) is 0 Å². The third-order valence-corrected chi connectivity index (χ3v) is 7.00. The molecule has 2 aromatic rings. The molecule has 0 aliphatic heterocycles. The number of rotatable bonds is 3. The van der Waals surface area contributed by atoms with Crippen molar-refractivity contribution in [3.05, 3.63) is 26.6 Å². The normalized spacial score (nSPS) is 23.0. The van der Waals surface area contributed by atoms with Gasteiger partial charge in [0.05, 0.1) is 5.39 Å². The number of thiophene rings is 1. The molecule has 26 heavy (non-hydrogen) atoms. The molecule has 0 N–H and O–H groups in total. The summed E-state index contributed by atoms with van der Waals surface area (Å²) in [6.45, 7) is 4.00. The van der Waals surface area contributed by atoms with E-state index >= 15 is 0 Å². The van der Waals surface area contributed by atoms with Crippen molar-refractivity contribution in [2.75, 3.05) is 0 Å². The van der Waals surface area contributed by atoms with Gasteiger partial charge in [-0.05, 0) is 69.8 Å². The number of carbonyl (C=O) groups is 1. The van der Waals surface area contributed by atoms with Gasteiger partial charge in [-0.2, -0.15) is 0 Å². The molecule has 2 aromatic heterocycles. The Kier molecular flexibility index (Phi) is 4.86. The van der Waals surface area contributed by atoms with Crippen molar-refractivity contribution >= 4 is 27.5 Å². The molecule has 0 saturated heterocycles. The van der Waals surface area contributed by atoms with E-state index in [9.17, 15) is 9.59 Å². The van der Waals surface area contributed by atoms with Crippen LogP contribution in [-0.4, -0.2) is 21.6 Å². The van der Waals surface area contributed by atoms with Gasteiger partial charge in [0.15, 0.2) is 0 Å². The highest BCUT2D eigenvalue weighted by Crippen LogP contribution is 2.33. The quantitative estimate of drug-likeness (QED) is 0.768. The number of carbonyl (C=O) groups excluding carboxylic acids is 1. The predicted octanol–water partition coefficient (Wildman–Crippen LogP) is 3.77. The molecule has 140 valence electrons. The molecule has 1 saturated carbocycles. The summed E-state index contributed by atoms with van der Waals surface area (Å²) in [6, 6.07) is 0. The maximum Gasteiger partial charge on any atom is 0.326 e. The van der Waals surface area contributed by atoms with Gasteiger partial charge in [-0.1, -0.05) is 6.92 Å². The molecule has 0 radical (unpaired) electrons. The molecule has 0 unspecified atom stereocenters. The molecule has 2 heterocycles. The first-order valence-corrected chi connectivity index (χ1v) is 10.6. The topological polar surface area (TPSA) is 61.2 Å². The Bertz CT molecular complexity index is 891. The van der Waals surface area contributed by atoms with Crippen molar-refractivity contribution in [2.45, 2.75) is 77.9 Å².